The molecule has 8 aromatic rings. The van der Waals surface area contributed by atoms with Crippen molar-refractivity contribution in [3.63, 3.8) is 0 Å². The van der Waals surface area contributed by atoms with Gasteiger partial charge in [0, 0.05) is 27.9 Å². The molecule has 0 spiro atoms. The van der Waals surface area contributed by atoms with Gasteiger partial charge in [0.05, 0.1) is 5.69 Å². The molecule has 1 nitrogen and oxygen atoms in total. The van der Waals surface area contributed by atoms with E-state index in [-0.39, 0.29) is 0 Å². The van der Waals surface area contributed by atoms with Gasteiger partial charge in [0.15, 0.2) is 0 Å². The van der Waals surface area contributed by atoms with Crippen LogP contribution in [-0.2, 0) is 0 Å². The third kappa shape index (κ3) is 3.95. The number of hydrogen-bond acceptors (Lipinski definition) is 1. The number of hydrogen-bond donors (Lipinski definition) is 0. The summed E-state index contributed by atoms with van der Waals surface area (Å²) in [5.74, 6) is 0. The second-order valence-electron chi connectivity index (χ2n) is 11.7. The Hall–Kier alpha value is -5.92. The number of para-hydroxylation sites is 2. The minimum Gasteiger partial charge on any atom is -0.309 e. The summed E-state index contributed by atoms with van der Waals surface area (Å²) in [5.41, 5.74) is 13.9. The maximum atomic E-state index is 2.45. The molecule has 0 saturated heterocycles. The van der Waals surface area contributed by atoms with Crippen molar-refractivity contribution in [2.45, 2.75) is 0 Å². The average molecular weight is 572 g/mol. The zero-order chi connectivity index (χ0) is 29.7. The van der Waals surface area contributed by atoms with Crippen LogP contribution >= 0.6 is 0 Å². The van der Waals surface area contributed by atoms with Crippen LogP contribution in [-0.4, -0.2) is 0 Å². The summed E-state index contributed by atoms with van der Waals surface area (Å²) in [6, 6.07) is 63.7. The lowest BCUT2D eigenvalue weighted by atomic mass is 9.69. The molecule has 0 amide bonds. The predicted molar refractivity (Wildman–Crippen MR) is 191 cm³/mol. The molecule has 0 bridgehead atoms. The van der Waals surface area contributed by atoms with E-state index >= 15 is 0 Å². The highest BCUT2D eigenvalue weighted by Gasteiger charge is 2.37. The van der Waals surface area contributed by atoms with Gasteiger partial charge in [0.1, 0.15) is 0 Å². The van der Waals surface area contributed by atoms with Crippen LogP contribution in [0.15, 0.2) is 176 Å². The molecule has 0 heterocycles. The molecule has 1 aliphatic rings. The van der Waals surface area contributed by atoms with E-state index in [1.165, 1.54) is 71.7 Å². The van der Waals surface area contributed by atoms with E-state index in [9.17, 15) is 0 Å². The van der Waals surface area contributed by atoms with Crippen LogP contribution in [0.5, 0.6) is 0 Å². The van der Waals surface area contributed by atoms with Crippen molar-refractivity contribution < 1.29 is 0 Å². The normalized spacial score (nSPS) is 11.6. The van der Waals surface area contributed by atoms with E-state index in [0.717, 1.165) is 11.4 Å². The Kier molecular flexibility index (Phi) is 5.89. The van der Waals surface area contributed by atoms with E-state index in [4.69, 9.17) is 0 Å². The molecule has 0 radical (unpaired) electrons. The van der Waals surface area contributed by atoms with Gasteiger partial charge in [-0.1, -0.05) is 146 Å². The second kappa shape index (κ2) is 10.4. The number of benzene rings is 8. The zero-order valence-corrected chi connectivity index (χ0v) is 24.7. The Bertz CT molecular complexity index is 2300. The van der Waals surface area contributed by atoms with Gasteiger partial charge >= 0.3 is 0 Å². The molecule has 0 saturated carbocycles. The highest BCUT2D eigenvalue weighted by molar-refractivity contribution is 6.29. The first-order chi connectivity index (χ1) is 22.4. The molecule has 1 heteroatoms. The summed E-state index contributed by atoms with van der Waals surface area (Å²) in [6.07, 6.45) is 0. The summed E-state index contributed by atoms with van der Waals surface area (Å²) in [5, 5.41) is 5.03. The lowest BCUT2D eigenvalue weighted by Gasteiger charge is -2.38. The molecular weight excluding hydrogens is 542 g/mol. The standard InChI is InChI=1S/C44H29N/c1-5-17-30(18-6-1)39-36-27-15-16-28-37(36)40(31-19-7-2-8-20-31)43-41(39)38-29-32-21-13-14-26-35(32)44(42(38)43)45(33-22-9-3-10-23-33)34-24-11-4-12-25-34/h1-29H. The van der Waals surface area contributed by atoms with Gasteiger partial charge in [-0.2, -0.15) is 0 Å². The first-order valence-corrected chi connectivity index (χ1v) is 15.5. The van der Waals surface area contributed by atoms with Crippen molar-refractivity contribution in [3.05, 3.63) is 176 Å². The third-order valence-electron chi connectivity index (χ3n) is 9.13. The van der Waals surface area contributed by atoms with Gasteiger partial charge < -0.3 is 4.90 Å². The predicted octanol–water partition coefficient (Wildman–Crippen LogP) is 12.4. The van der Waals surface area contributed by atoms with Crippen LogP contribution in [0.1, 0.15) is 0 Å². The summed E-state index contributed by atoms with van der Waals surface area (Å²) >= 11 is 0. The largest absolute Gasteiger partial charge is 0.309 e. The van der Waals surface area contributed by atoms with Crippen LogP contribution in [0.3, 0.4) is 0 Å². The molecule has 1 aliphatic carbocycles. The maximum absolute atomic E-state index is 2.45. The lowest BCUT2D eigenvalue weighted by Crippen LogP contribution is -2.16. The summed E-state index contributed by atoms with van der Waals surface area (Å²) in [7, 11) is 0. The quantitative estimate of drug-likeness (QED) is 0.199. The zero-order valence-electron chi connectivity index (χ0n) is 24.7. The molecular formula is C44H29N. The van der Waals surface area contributed by atoms with Crippen molar-refractivity contribution in [1.29, 1.82) is 0 Å². The number of anilines is 3. The third-order valence-corrected chi connectivity index (χ3v) is 9.13. The van der Waals surface area contributed by atoms with Crippen molar-refractivity contribution in [2.24, 2.45) is 0 Å². The molecule has 0 aliphatic heterocycles. The SMILES string of the molecule is c1ccc(-c2c3c(c(-c4ccccc4)c4ccccc24)-c2c-3cc3ccccc3c2N(c2ccccc2)c2ccccc2)cc1. The van der Waals surface area contributed by atoms with Crippen LogP contribution < -0.4 is 4.90 Å². The van der Waals surface area contributed by atoms with E-state index < -0.39 is 0 Å². The Labute approximate surface area is 263 Å². The smallest absolute Gasteiger partial charge is 0.0625 e. The first-order valence-electron chi connectivity index (χ1n) is 15.5. The van der Waals surface area contributed by atoms with Crippen LogP contribution in [0.25, 0.3) is 66.1 Å². The van der Waals surface area contributed by atoms with Crippen LogP contribution in [0, 0.1) is 0 Å². The average Bonchev–Trinajstić information content (AvgIpc) is 3.12. The van der Waals surface area contributed by atoms with Crippen LogP contribution in [0.2, 0.25) is 0 Å². The molecule has 45 heavy (non-hydrogen) atoms. The highest BCUT2D eigenvalue weighted by atomic mass is 15.1. The fraction of sp³-hybridized carbons (Fsp3) is 0. The fourth-order valence-electron chi connectivity index (χ4n) is 7.28. The number of nitrogens with zero attached hydrogens (tertiary/aromatic N) is 1. The van der Waals surface area contributed by atoms with E-state index in [0.29, 0.717) is 0 Å². The van der Waals surface area contributed by atoms with E-state index in [2.05, 4.69) is 181 Å². The monoisotopic (exact) mass is 571 g/mol. The van der Waals surface area contributed by atoms with Crippen molar-refractivity contribution >= 4 is 38.6 Å². The van der Waals surface area contributed by atoms with E-state index in [1.54, 1.807) is 0 Å². The molecule has 9 rings (SSSR count). The molecule has 0 aromatic heterocycles. The maximum Gasteiger partial charge on any atom is 0.0625 e. The topological polar surface area (TPSA) is 3.24 Å². The van der Waals surface area contributed by atoms with Crippen molar-refractivity contribution in [1.82, 2.24) is 0 Å². The van der Waals surface area contributed by atoms with Gasteiger partial charge in [0.2, 0.25) is 0 Å². The fourth-order valence-corrected chi connectivity index (χ4v) is 7.28. The first kappa shape index (κ1) is 25.6. The van der Waals surface area contributed by atoms with Gasteiger partial charge in [0.25, 0.3) is 0 Å². The number of fused-ring (bicyclic) bond motifs is 6. The van der Waals surface area contributed by atoms with Gasteiger partial charge in [-0.15, -0.1) is 0 Å². The molecule has 8 aromatic carbocycles. The highest BCUT2D eigenvalue weighted by Crippen LogP contribution is 2.64. The van der Waals surface area contributed by atoms with E-state index in [1.807, 2.05) is 0 Å². The summed E-state index contributed by atoms with van der Waals surface area (Å²) in [6.45, 7) is 0. The van der Waals surface area contributed by atoms with Gasteiger partial charge in [-0.25, -0.2) is 0 Å². The molecule has 210 valence electrons. The van der Waals surface area contributed by atoms with Gasteiger partial charge in [-0.05, 0) is 79.9 Å². The Morgan fingerprint density at radius 1 is 0.311 bits per heavy atom. The molecule has 0 N–H and O–H groups in total. The minimum atomic E-state index is 1.14. The molecule has 0 atom stereocenters. The summed E-state index contributed by atoms with van der Waals surface area (Å²) < 4.78 is 0. The molecule has 0 fully saturated rings. The van der Waals surface area contributed by atoms with Crippen LogP contribution in [0.4, 0.5) is 17.1 Å². The van der Waals surface area contributed by atoms with Crippen molar-refractivity contribution in [2.75, 3.05) is 4.90 Å². The Morgan fingerprint density at radius 2 is 0.733 bits per heavy atom. The Morgan fingerprint density at radius 3 is 1.27 bits per heavy atom. The van der Waals surface area contributed by atoms with Gasteiger partial charge in [-0.3, -0.25) is 0 Å². The second-order valence-corrected chi connectivity index (χ2v) is 11.7. The summed E-state index contributed by atoms with van der Waals surface area (Å²) in [4.78, 5) is 2.45. The number of rotatable bonds is 5. The Balaban J connectivity index is 1.48. The molecule has 0 unspecified atom stereocenters. The van der Waals surface area contributed by atoms with Crippen molar-refractivity contribution in [3.8, 4) is 44.5 Å². The minimum absolute atomic E-state index is 1.14. The lowest BCUT2D eigenvalue weighted by molar-refractivity contribution is 1.29.